The number of nitrogen functional groups attached to an aromatic ring is 1. The third kappa shape index (κ3) is 3.02. The summed E-state index contributed by atoms with van der Waals surface area (Å²) in [7, 11) is -3.88. The van der Waals surface area contributed by atoms with Gasteiger partial charge in [-0.25, -0.2) is 22.4 Å². The number of nitriles is 1. The molecule has 0 radical (unpaired) electrons. The Bertz CT molecular complexity index is 1360. The highest BCUT2D eigenvalue weighted by Gasteiger charge is 2.22. The zero-order valence-corrected chi connectivity index (χ0v) is 16.6. The van der Waals surface area contributed by atoms with Gasteiger partial charge in [-0.05, 0) is 48.5 Å². The summed E-state index contributed by atoms with van der Waals surface area (Å²) < 4.78 is 28.5. The van der Waals surface area contributed by atoms with Gasteiger partial charge in [0.2, 0.25) is 5.95 Å². The standard InChI is InChI=1S/C19H12BrN5O2S/c20-13-3-6-18-15(9-13)16(17-7-8-23-19(22)24-17)11-25(18)28(26,27)14-4-1-12(10-21)2-5-14/h1-9,11H,(H2,22,23,24). The molecule has 28 heavy (non-hydrogen) atoms. The Morgan fingerprint density at radius 2 is 1.86 bits per heavy atom. The Kier molecular flexibility index (Phi) is 4.37. The van der Waals surface area contributed by atoms with Crippen molar-refractivity contribution in [3.05, 3.63) is 71.0 Å². The lowest BCUT2D eigenvalue weighted by molar-refractivity contribution is 0.589. The molecule has 2 N–H and O–H groups in total. The molecule has 138 valence electrons. The first kappa shape index (κ1) is 18.2. The summed E-state index contributed by atoms with van der Waals surface area (Å²) in [4.78, 5) is 8.19. The van der Waals surface area contributed by atoms with Crippen molar-refractivity contribution in [2.24, 2.45) is 0 Å². The minimum atomic E-state index is -3.88. The Labute approximate surface area is 169 Å². The molecule has 0 bridgehead atoms. The predicted molar refractivity (Wildman–Crippen MR) is 109 cm³/mol. The number of halogens is 1. The van der Waals surface area contributed by atoms with Crippen LogP contribution in [0.4, 0.5) is 5.95 Å². The van der Waals surface area contributed by atoms with Crippen LogP contribution in [0.1, 0.15) is 5.56 Å². The van der Waals surface area contributed by atoms with Gasteiger partial charge in [0.15, 0.2) is 0 Å². The number of nitrogens with two attached hydrogens (primary N) is 1. The number of rotatable bonds is 3. The van der Waals surface area contributed by atoms with Crippen LogP contribution in [0.5, 0.6) is 0 Å². The summed E-state index contributed by atoms with van der Waals surface area (Å²) >= 11 is 3.43. The summed E-state index contributed by atoms with van der Waals surface area (Å²) in [6.45, 7) is 0. The second kappa shape index (κ2) is 6.74. The highest BCUT2D eigenvalue weighted by atomic mass is 79.9. The Balaban J connectivity index is 1.98. The first-order valence-corrected chi connectivity index (χ1v) is 10.3. The number of aromatic nitrogens is 3. The van der Waals surface area contributed by atoms with E-state index in [1.54, 1.807) is 18.2 Å². The Hall–Kier alpha value is -3.22. The molecule has 2 heterocycles. The van der Waals surface area contributed by atoms with Crippen LogP contribution in [0.3, 0.4) is 0 Å². The second-order valence-electron chi connectivity index (χ2n) is 5.94. The fourth-order valence-electron chi connectivity index (χ4n) is 2.91. The molecule has 0 aliphatic rings. The molecule has 4 rings (SSSR count). The average Bonchev–Trinajstić information content (AvgIpc) is 3.07. The van der Waals surface area contributed by atoms with Gasteiger partial charge >= 0.3 is 0 Å². The highest BCUT2D eigenvalue weighted by Crippen LogP contribution is 2.34. The summed E-state index contributed by atoms with van der Waals surface area (Å²) in [6.07, 6.45) is 3.04. The molecular formula is C19H12BrN5O2S. The molecule has 2 aromatic heterocycles. The van der Waals surface area contributed by atoms with Gasteiger partial charge in [-0.15, -0.1) is 0 Å². The van der Waals surface area contributed by atoms with E-state index in [0.29, 0.717) is 27.7 Å². The first-order valence-electron chi connectivity index (χ1n) is 8.05. The maximum Gasteiger partial charge on any atom is 0.268 e. The zero-order valence-electron chi connectivity index (χ0n) is 14.2. The van der Waals surface area contributed by atoms with Crippen molar-refractivity contribution in [2.75, 3.05) is 5.73 Å². The monoisotopic (exact) mass is 453 g/mol. The molecule has 0 spiro atoms. The van der Waals surface area contributed by atoms with Gasteiger partial charge in [0.05, 0.1) is 27.7 Å². The van der Waals surface area contributed by atoms with Crippen LogP contribution in [0.25, 0.3) is 22.2 Å². The van der Waals surface area contributed by atoms with Crippen LogP contribution in [0.15, 0.2) is 70.3 Å². The molecule has 4 aromatic rings. The van der Waals surface area contributed by atoms with E-state index < -0.39 is 10.0 Å². The summed E-state index contributed by atoms with van der Waals surface area (Å²) in [5.74, 6) is 0.100. The molecule has 0 saturated carbocycles. The Morgan fingerprint density at radius 3 is 2.54 bits per heavy atom. The third-order valence-corrected chi connectivity index (χ3v) is 6.40. The van der Waals surface area contributed by atoms with Crippen molar-refractivity contribution in [1.29, 1.82) is 5.26 Å². The van der Waals surface area contributed by atoms with Gasteiger partial charge in [-0.2, -0.15) is 5.26 Å². The van der Waals surface area contributed by atoms with E-state index in [-0.39, 0.29) is 10.8 Å². The van der Waals surface area contributed by atoms with Crippen molar-refractivity contribution in [1.82, 2.24) is 13.9 Å². The molecule has 0 unspecified atom stereocenters. The lowest BCUT2D eigenvalue weighted by Crippen LogP contribution is -2.11. The molecular weight excluding hydrogens is 442 g/mol. The number of benzene rings is 2. The van der Waals surface area contributed by atoms with E-state index in [4.69, 9.17) is 11.0 Å². The fourth-order valence-corrected chi connectivity index (χ4v) is 4.64. The van der Waals surface area contributed by atoms with Crippen LogP contribution < -0.4 is 5.73 Å². The lowest BCUT2D eigenvalue weighted by Gasteiger charge is -2.07. The van der Waals surface area contributed by atoms with E-state index >= 15 is 0 Å². The molecule has 0 amide bonds. The number of hydrogen-bond acceptors (Lipinski definition) is 6. The minimum absolute atomic E-state index is 0.0834. The number of fused-ring (bicyclic) bond motifs is 1. The molecule has 0 saturated heterocycles. The molecule has 0 aliphatic heterocycles. The molecule has 0 aliphatic carbocycles. The lowest BCUT2D eigenvalue weighted by atomic mass is 10.1. The number of hydrogen-bond donors (Lipinski definition) is 1. The van der Waals surface area contributed by atoms with Crippen molar-refractivity contribution in [2.45, 2.75) is 4.90 Å². The fraction of sp³-hybridized carbons (Fsp3) is 0. The van der Waals surface area contributed by atoms with Gasteiger partial charge in [-0.3, -0.25) is 0 Å². The number of anilines is 1. The van der Waals surface area contributed by atoms with Crippen molar-refractivity contribution in [3.8, 4) is 17.3 Å². The van der Waals surface area contributed by atoms with Gasteiger partial charge in [0, 0.05) is 27.8 Å². The largest absolute Gasteiger partial charge is 0.368 e. The van der Waals surface area contributed by atoms with Crippen molar-refractivity contribution >= 4 is 42.8 Å². The predicted octanol–water partition coefficient (Wildman–Crippen LogP) is 3.55. The second-order valence-corrected chi connectivity index (χ2v) is 8.67. The smallest absolute Gasteiger partial charge is 0.268 e. The van der Waals surface area contributed by atoms with Crippen LogP contribution >= 0.6 is 15.9 Å². The summed E-state index contributed by atoms with van der Waals surface area (Å²) in [5.41, 5.74) is 7.72. The van der Waals surface area contributed by atoms with Crippen LogP contribution in [-0.2, 0) is 10.0 Å². The quantitative estimate of drug-likeness (QED) is 0.506. The van der Waals surface area contributed by atoms with Crippen LogP contribution in [0.2, 0.25) is 0 Å². The van der Waals surface area contributed by atoms with E-state index in [0.717, 1.165) is 4.47 Å². The van der Waals surface area contributed by atoms with Gasteiger partial charge in [0.1, 0.15) is 0 Å². The van der Waals surface area contributed by atoms with Crippen LogP contribution in [0, 0.1) is 11.3 Å². The van der Waals surface area contributed by atoms with Crippen LogP contribution in [-0.4, -0.2) is 22.4 Å². The number of nitrogens with zero attached hydrogens (tertiary/aromatic N) is 4. The summed E-state index contributed by atoms with van der Waals surface area (Å²) in [5, 5.41) is 9.63. The zero-order chi connectivity index (χ0) is 19.9. The minimum Gasteiger partial charge on any atom is -0.368 e. The third-order valence-electron chi connectivity index (χ3n) is 4.22. The molecule has 0 atom stereocenters. The van der Waals surface area contributed by atoms with Gasteiger partial charge in [-0.1, -0.05) is 15.9 Å². The SMILES string of the molecule is N#Cc1ccc(S(=O)(=O)n2cc(-c3ccnc(N)n3)c3cc(Br)ccc32)cc1. The maximum absolute atomic E-state index is 13.3. The van der Waals surface area contributed by atoms with E-state index in [2.05, 4.69) is 25.9 Å². The van der Waals surface area contributed by atoms with Crippen molar-refractivity contribution < 1.29 is 8.42 Å². The van der Waals surface area contributed by atoms with Gasteiger partial charge < -0.3 is 5.73 Å². The molecule has 7 nitrogen and oxygen atoms in total. The topological polar surface area (TPSA) is 115 Å². The average molecular weight is 454 g/mol. The first-order chi connectivity index (χ1) is 13.4. The molecule has 0 fully saturated rings. The van der Waals surface area contributed by atoms with E-state index in [9.17, 15) is 8.42 Å². The highest BCUT2D eigenvalue weighted by molar-refractivity contribution is 9.10. The maximum atomic E-state index is 13.3. The molecule has 9 heteroatoms. The Morgan fingerprint density at radius 1 is 1.11 bits per heavy atom. The molecule has 2 aromatic carbocycles. The van der Waals surface area contributed by atoms with E-state index in [1.165, 1.54) is 40.6 Å². The summed E-state index contributed by atoms with van der Waals surface area (Å²) in [6, 6.07) is 14.7. The van der Waals surface area contributed by atoms with Gasteiger partial charge in [0.25, 0.3) is 10.0 Å². The normalized spacial score (nSPS) is 11.4. The van der Waals surface area contributed by atoms with E-state index in [1.807, 2.05) is 12.1 Å². The van der Waals surface area contributed by atoms with Crippen molar-refractivity contribution in [3.63, 3.8) is 0 Å².